The van der Waals surface area contributed by atoms with Crippen LogP contribution in [0.15, 0.2) is 24.3 Å². The molecular weight excluding hydrogens is 226 g/mol. The molecule has 1 aliphatic carbocycles. The predicted octanol–water partition coefficient (Wildman–Crippen LogP) is 2.68. The van der Waals surface area contributed by atoms with Crippen LogP contribution in [-0.4, -0.2) is 31.9 Å². The van der Waals surface area contributed by atoms with E-state index in [1.165, 1.54) is 18.5 Å². The van der Waals surface area contributed by atoms with E-state index < -0.39 is 0 Å². The third kappa shape index (κ3) is 3.16. The van der Waals surface area contributed by atoms with Crippen LogP contribution >= 0.6 is 0 Å². The maximum Gasteiger partial charge on any atom is 0.119 e. The van der Waals surface area contributed by atoms with Crippen molar-refractivity contribution in [2.75, 3.05) is 25.6 Å². The second-order valence-corrected chi connectivity index (χ2v) is 5.17. The third-order valence-corrected chi connectivity index (χ3v) is 3.97. The van der Waals surface area contributed by atoms with Crippen molar-refractivity contribution >= 4 is 5.69 Å². The van der Waals surface area contributed by atoms with E-state index in [2.05, 4.69) is 24.1 Å². The number of aliphatic hydroxyl groups is 1. The molecule has 2 rings (SSSR count). The Kier molecular flexibility index (Phi) is 4.48. The van der Waals surface area contributed by atoms with Crippen LogP contribution in [0.25, 0.3) is 0 Å². The van der Waals surface area contributed by atoms with Crippen LogP contribution in [0, 0.1) is 5.92 Å². The van der Waals surface area contributed by atoms with Gasteiger partial charge in [-0.3, -0.25) is 0 Å². The number of ether oxygens (including phenoxy) is 1. The highest BCUT2D eigenvalue weighted by Gasteiger charge is 2.24. The average Bonchev–Trinajstić information content (AvgIpc) is 2.81. The van der Waals surface area contributed by atoms with Gasteiger partial charge in [-0.05, 0) is 49.4 Å². The number of methoxy groups -OCH3 is 1. The van der Waals surface area contributed by atoms with Crippen LogP contribution in [0.1, 0.15) is 25.7 Å². The van der Waals surface area contributed by atoms with Gasteiger partial charge in [-0.2, -0.15) is 0 Å². The number of aliphatic hydroxyl groups excluding tert-OH is 1. The highest BCUT2D eigenvalue weighted by Crippen LogP contribution is 2.29. The van der Waals surface area contributed by atoms with Gasteiger partial charge in [-0.25, -0.2) is 0 Å². The number of nitrogens with zero attached hydrogens (tertiary/aromatic N) is 1. The maximum atomic E-state index is 9.81. The Bertz CT molecular complexity index is 363. The minimum absolute atomic E-state index is 0.0748. The van der Waals surface area contributed by atoms with E-state index in [0.29, 0.717) is 5.92 Å². The molecule has 2 atom stereocenters. The topological polar surface area (TPSA) is 32.7 Å². The number of hydrogen-bond donors (Lipinski definition) is 1. The van der Waals surface area contributed by atoms with Gasteiger partial charge in [0.25, 0.3) is 0 Å². The normalized spacial score (nSPS) is 23.1. The van der Waals surface area contributed by atoms with Gasteiger partial charge in [0, 0.05) is 19.3 Å². The second-order valence-electron chi connectivity index (χ2n) is 5.17. The summed E-state index contributed by atoms with van der Waals surface area (Å²) in [5.41, 5.74) is 1.20. The first kappa shape index (κ1) is 13.2. The lowest BCUT2D eigenvalue weighted by molar-refractivity contribution is 0.129. The lowest BCUT2D eigenvalue weighted by atomic mass is 10.0. The van der Waals surface area contributed by atoms with E-state index in [1.807, 2.05) is 12.1 Å². The van der Waals surface area contributed by atoms with Gasteiger partial charge >= 0.3 is 0 Å². The molecule has 1 fully saturated rings. The number of rotatable bonds is 5. The molecule has 1 saturated carbocycles. The summed E-state index contributed by atoms with van der Waals surface area (Å²) >= 11 is 0. The molecule has 2 unspecified atom stereocenters. The van der Waals surface area contributed by atoms with E-state index >= 15 is 0 Å². The Balaban J connectivity index is 1.84. The molecule has 1 aromatic carbocycles. The Hall–Kier alpha value is -1.22. The van der Waals surface area contributed by atoms with Crippen molar-refractivity contribution in [2.24, 2.45) is 5.92 Å². The van der Waals surface area contributed by atoms with E-state index in [4.69, 9.17) is 4.74 Å². The first-order valence-corrected chi connectivity index (χ1v) is 6.74. The fraction of sp³-hybridized carbons (Fsp3) is 0.600. The van der Waals surface area contributed by atoms with Crippen LogP contribution < -0.4 is 9.64 Å². The predicted molar refractivity (Wildman–Crippen MR) is 74.2 cm³/mol. The van der Waals surface area contributed by atoms with E-state index in [-0.39, 0.29) is 6.10 Å². The maximum absolute atomic E-state index is 9.81. The van der Waals surface area contributed by atoms with Crippen LogP contribution in [0.2, 0.25) is 0 Å². The van der Waals surface area contributed by atoms with Gasteiger partial charge in [0.2, 0.25) is 0 Å². The van der Waals surface area contributed by atoms with Gasteiger partial charge in [-0.15, -0.1) is 0 Å². The lowest BCUT2D eigenvalue weighted by Gasteiger charge is -2.22. The quantitative estimate of drug-likeness (QED) is 0.871. The van der Waals surface area contributed by atoms with Crippen LogP contribution in [0.5, 0.6) is 5.75 Å². The molecular formula is C15H23NO2. The summed E-state index contributed by atoms with van der Waals surface area (Å²) in [6, 6.07) is 8.11. The van der Waals surface area contributed by atoms with Crippen molar-refractivity contribution in [1.29, 1.82) is 0 Å². The van der Waals surface area contributed by atoms with Crippen LogP contribution in [0.4, 0.5) is 5.69 Å². The summed E-state index contributed by atoms with van der Waals surface area (Å²) in [6.07, 6.45) is 4.34. The standard InChI is InChI=1S/C15H23NO2/c1-16(11-10-12-4-3-5-15(12)17)13-6-8-14(18-2)9-7-13/h6-9,12,15,17H,3-5,10-11H2,1-2H3. The van der Waals surface area contributed by atoms with Crippen molar-refractivity contribution in [1.82, 2.24) is 0 Å². The average molecular weight is 249 g/mol. The molecule has 3 heteroatoms. The first-order chi connectivity index (χ1) is 8.70. The van der Waals surface area contributed by atoms with Gasteiger partial charge in [0.05, 0.1) is 13.2 Å². The lowest BCUT2D eigenvalue weighted by Crippen LogP contribution is -2.23. The number of anilines is 1. The van der Waals surface area contributed by atoms with E-state index in [0.717, 1.165) is 25.1 Å². The smallest absolute Gasteiger partial charge is 0.119 e. The first-order valence-electron chi connectivity index (χ1n) is 6.74. The number of benzene rings is 1. The van der Waals surface area contributed by atoms with Crippen molar-refractivity contribution in [3.63, 3.8) is 0 Å². The van der Waals surface area contributed by atoms with Crippen LogP contribution in [-0.2, 0) is 0 Å². The molecule has 0 saturated heterocycles. The zero-order valence-corrected chi connectivity index (χ0v) is 11.3. The summed E-state index contributed by atoms with van der Waals surface area (Å²) in [6.45, 7) is 0.994. The molecule has 3 nitrogen and oxygen atoms in total. The van der Waals surface area contributed by atoms with Crippen molar-refractivity contribution in [3.05, 3.63) is 24.3 Å². The molecule has 0 amide bonds. The largest absolute Gasteiger partial charge is 0.497 e. The van der Waals surface area contributed by atoms with Crippen molar-refractivity contribution in [3.8, 4) is 5.75 Å². The molecule has 100 valence electrons. The zero-order chi connectivity index (χ0) is 13.0. The molecule has 0 spiro atoms. The Morgan fingerprint density at radius 3 is 2.56 bits per heavy atom. The van der Waals surface area contributed by atoms with E-state index in [9.17, 15) is 5.11 Å². The summed E-state index contributed by atoms with van der Waals surface area (Å²) in [5, 5.41) is 9.81. The second kappa shape index (κ2) is 6.10. The van der Waals surface area contributed by atoms with Gasteiger partial charge < -0.3 is 14.7 Å². The molecule has 1 N–H and O–H groups in total. The van der Waals surface area contributed by atoms with Crippen molar-refractivity contribution in [2.45, 2.75) is 31.8 Å². The van der Waals surface area contributed by atoms with Gasteiger partial charge in [0.15, 0.2) is 0 Å². The minimum atomic E-state index is -0.0748. The fourth-order valence-electron chi connectivity index (χ4n) is 2.68. The molecule has 1 aromatic rings. The number of hydrogen-bond acceptors (Lipinski definition) is 3. The molecule has 0 radical (unpaired) electrons. The van der Waals surface area contributed by atoms with Crippen molar-refractivity contribution < 1.29 is 9.84 Å². The van der Waals surface area contributed by atoms with E-state index in [1.54, 1.807) is 7.11 Å². The fourth-order valence-corrected chi connectivity index (χ4v) is 2.68. The SMILES string of the molecule is COc1ccc(N(C)CCC2CCCC2O)cc1. The Morgan fingerprint density at radius 2 is 2.00 bits per heavy atom. The summed E-state index contributed by atoms with van der Waals surface area (Å²) in [5.74, 6) is 1.38. The van der Waals surface area contributed by atoms with Gasteiger partial charge in [0.1, 0.15) is 5.75 Å². The molecule has 0 aromatic heterocycles. The summed E-state index contributed by atoms with van der Waals surface area (Å²) < 4.78 is 5.15. The highest BCUT2D eigenvalue weighted by molar-refractivity contribution is 5.48. The highest BCUT2D eigenvalue weighted by atomic mass is 16.5. The molecule has 18 heavy (non-hydrogen) atoms. The molecule has 0 heterocycles. The monoisotopic (exact) mass is 249 g/mol. The molecule has 1 aliphatic rings. The Morgan fingerprint density at radius 1 is 1.28 bits per heavy atom. The summed E-state index contributed by atoms with van der Waals surface area (Å²) in [7, 11) is 3.78. The molecule has 0 bridgehead atoms. The summed E-state index contributed by atoms with van der Waals surface area (Å²) in [4.78, 5) is 2.24. The third-order valence-electron chi connectivity index (χ3n) is 3.97. The molecule has 0 aliphatic heterocycles. The Labute approximate surface area is 109 Å². The zero-order valence-electron chi connectivity index (χ0n) is 11.3. The van der Waals surface area contributed by atoms with Crippen LogP contribution in [0.3, 0.4) is 0 Å². The van der Waals surface area contributed by atoms with Gasteiger partial charge in [-0.1, -0.05) is 6.42 Å². The minimum Gasteiger partial charge on any atom is -0.497 e.